The van der Waals surface area contributed by atoms with Crippen LogP contribution in [-0.2, 0) is 4.74 Å². The summed E-state index contributed by atoms with van der Waals surface area (Å²) in [4.78, 5) is 12.4. The van der Waals surface area contributed by atoms with Crippen LogP contribution < -0.4 is 9.74 Å². The Kier molecular flexibility index (Phi) is 5.98. The molecule has 0 amide bonds. The average Bonchev–Trinajstić information content (AvgIpc) is 3.04. The number of benzene rings is 2. The van der Waals surface area contributed by atoms with Crippen LogP contribution in [0.1, 0.15) is 41.5 Å². The van der Waals surface area contributed by atoms with E-state index in [-0.39, 0.29) is 11.1 Å². The number of hydrogen-bond acceptors (Lipinski definition) is 4. The van der Waals surface area contributed by atoms with Gasteiger partial charge >= 0.3 is 6.09 Å². The molecule has 1 aromatic heterocycles. The molecule has 2 aromatic carbocycles. The van der Waals surface area contributed by atoms with Crippen LogP contribution in [0, 0.1) is 0 Å². The van der Waals surface area contributed by atoms with Gasteiger partial charge in [0.05, 0.1) is 5.52 Å². The number of aromatic nitrogens is 1. The quantitative estimate of drug-likeness (QED) is 0.427. The third-order valence-corrected chi connectivity index (χ3v) is 9.96. The summed E-state index contributed by atoms with van der Waals surface area (Å²) in [5, 5.41) is 4.55. The first-order valence-electron chi connectivity index (χ1n) is 10.7. The number of nitrogens with one attached hydrogen (secondary N) is 1. The zero-order chi connectivity index (χ0) is 23.0. The van der Waals surface area contributed by atoms with Crippen LogP contribution in [0.3, 0.4) is 0 Å². The zero-order valence-electron chi connectivity index (χ0n) is 19.9. The molecule has 3 aromatic rings. The van der Waals surface area contributed by atoms with Crippen molar-refractivity contribution < 1.29 is 14.0 Å². The molecule has 0 saturated carbocycles. The Bertz CT molecular complexity index is 1070. The topological polar surface area (TPSA) is 52.5 Å². The Labute approximate surface area is 186 Å². The Morgan fingerprint density at radius 3 is 2.10 bits per heavy atom. The summed E-state index contributed by atoms with van der Waals surface area (Å²) in [6, 6.07) is 15.9. The Balaban J connectivity index is 1.73. The minimum atomic E-state index is -1.85. The molecule has 3 rings (SSSR count). The van der Waals surface area contributed by atoms with Crippen molar-refractivity contribution in [2.24, 2.45) is 0 Å². The van der Waals surface area contributed by atoms with Gasteiger partial charge < -0.3 is 14.5 Å². The van der Waals surface area contributed by atoms with Gasteiger partial charge in [-0.2, -0.15) is 0 Å². The second kappa shape index (κ2) is 8.08. The molecule has 0 unspecified atom stereocenters. The van der Waals surface area contributed by atoms with Gasteiger partial charge in [-0.15, -0.1) is 0 Å². The fraction of sp³-hybridized carbons (Fsp3) is 0.400. The van der Waals surface area contributed by atoms with Crippen molar-refractivity contribution in [1.82, 2.24) is 4.57 Å². The normalized spacial score (nSPS) is 12.6. The standard InChI is InChI=1S/C25H34N2O3Si/c1-24(2,3)29-23(28)27-16-15-18-17-20(11-14-22(18)27)26-19-9-12-21(13-10-19)30-31(7,8)25(4,5)6/h9-17,26H,1-8H3. The summed E-state index contributed by atoms with van der Waals surface area (Å²) < 4.78 is 13.4. The van der Waals surface area contributed by atoms with Gasteiger partial charge in [-0.25, -0.2) is 4.79 Å². The van der Waals surface area contributed by atoms with Gasteiger partial charge in [0, 0.05) is 23.0 Å². The fourth-order valence-corrected chi connectivity index (χ4v) is 3.94. The molecule has 0 atom stereocenters. The summed E-state index contributed by atoms with van der Waals surface area (Å²) in [6.45, 7) is 16.8. The van der Waals surface area contributed by atoms with E-state index >= 15 is 0 Å². The molecule has 5 nitrogen and oxygen atoms in total. The van der Waals surface area contributed by atoms with E-state index in [0.717, 1.165) is 28.0 Å². The summed E-state index contributed by atoms with van der Waals surface area (Å²) in [6.07, 6.45) is 1.37. The van der Waals surface area contributed by atoms with Crippen LogP contribution >= 0.6 is 0 Å². The molecule has 0 bridgehead atoms. The first-order chi connectivity index (χ1) is 14.2. The summed E-state index contributed by atoms with van der Waals surface area (Å²) in [5.74, 6) is 0.905. The number of carbonyl (C=O) groups excluding carboxylic acids is 1. The van der Waals surface area contributed by atoms with E-state index in [9.17, 15) is 4.79 Å². The SMILES string of the molecule is CC(C)(C)OC(=O)n1ccc2cc(Nc3ccc(O[Si](C)(C)C(C)(C)C)cc3)ccc21. The first kappa shape index (κ1) is 22.9. The molecule has 0 fully saturated rings. The Hall–Kier alpha value is -2.73. The van der Waals surface area contributed by atoms with E-state index < -0.39 is 13.9 Å². The van der Waals surface area contributed by atoms with Crippen molar-refractivity contribution >= 4 is 36.7 Å². The monoisotopic (exact) mass is 438 g/mol. The summed E-state index contributed by atoms with van der Waals surface area (Å²) >= 11 is 0. The third kappa shape index (κ3) is 5.50. The molecule has 0 aliphatic carbocycles. The van der Waals surface area contributed by atoms with E-state index in [1.54, 1.807) is 6.20 Å². The number of hydrogen-bond donors (Lipinski definition) is 1. The molecule has 0 aliphatic rings. The van der Waals surface area contributed by atoms with Gasteiger partial charge in [0.25, 0.3) is 0 Å². The lowest BCUT2D eigenvalue weighted by atomic mass is 10.2. The van der Waals surface area contributed by atoms with Crippen molar-refractivity contribution in [3.8, 4) is 5.75 Å². The molecule has 1 N–H and O–H groups in total. The highest BCUT2D eigenvalue weighted by Gasteiger charge is 2.38. The van der Waals surface area contributed by atoms with Crippen LogP contribution in [0.4, 0.5) is 16.2 Å². The molecule has 166 valence electrons. The molecule has 1 heterocycles. The second-order valence-corrected chi connectivity index (χ2v) is 15.2. The maximum absolute atomic E-state index is 12.4. The molecule has 0 saturated heterocycles. The lowest BCUT2D eigenvalue weighted by molar-refractivity contribution is 0.0544. The number of rotatable bonds is 4. The minimum Gasteiger partial charge on any atom is -0.544 e. The number of carbonyl (C=O) groups is 1. The summed E-state index contributed by atoms with van der Waals surface area (Å²) in [7, 11) is -1.85. The van der Waals surface area contributed by atoms with Crippen molar-refractivity contribution in [2.45, 2.75) is 65.3 Å². The predicted molar refractivity (Wildman–Crippen MR) is 131 cm³/mol. The van der Waals surface area contributed by atoms with Gasteiger partial charge in [-0.1, -0.05) is 20.8 Å². The zero-order valence-corrected chi connectivity index (χ0v) is 20.9. The average molecular weight is 439 g/mol. The van der Waals surface area contributed by atoms with Crippen LogP contribution in [0.2, 0.25) is 18.1 Å². The smallest absolute Gasteiger partial charge is 0.418 e. The summed E-state index contributed by atoms with van der Waals surface area (Å²) in [5.41, 5.74) is 2.22. The van der Waals surface area contributed by atoms with E-state index in [1.807, 2.05) is 69.3 Å². The maximum Gasteiger partial charge on any atom is 0.418 e. The molecule has 0 aliphatic heterocycles. The van der Waals surface area contributed by atoms with Gasteiger partial charge in [-0.05, 0) is 87.4 Å². The highest BCUT2D eigenvalue weighted by atomic mass is 28.4. The fourth-order valence-electron chi connectivity index (χ4n) is 2.91. The number of nitrogens with zero attached hydrogens (tertiary/aromatic N) is 1. The van der Waals surface area contributed by atoms with Crippen LogP contribution in [0.15, 0.2) is 54.7 Å². The van der Waals surface area contributed by atoms with E-state index in [2.05, 4.69) is 39.2 Å². The number of fused-ring (bicyclic) bond motifs is 1. The van der Waals surface area contributed by atoms with Crippen LogP contribution in [0.5, 0.6) is 5.75 Å². The number of anilines is 2. The highest BCUT2D eigenvalue weighted by Crippen LogP contribution is 2.37. The minimum absolute atomic E-state index is 0.162. The lowest BCUT2D eigenvalue weighted by Crippen LogP contribution is -2.43. The number of ether oxygens (including phenoxy) is 1. The molecule has 0 radical (unpaired) electrons. The van der Waals surface area contributed by atoms with E-state index in [0.29, 0.717) is 0 Å². The first-order valence-corrected chi connectivity index (χ1v) is 13.6. The molecule has 31 heavy (non-hydrogen) atoms. The maximum atomic E-state index is 12.4. The van der Waals surface area contributed by atoms with Crippen molar-refractivity contribution in [1.29, 1.82) is 0 Å². The van der Waals surface area contributed by atoms with Gasteiger partial charge in [0.15, 0.2) is 0 Å². The highest BCUT2D eigenvalue weighted by molar-refractivity contribution is 6.74. The van der Waals surface area contributed by atoms with Gasteiger partial charge in [0.2, 0.25) is 8.32 Å². The predicted octanol–water partition coefficient (Wildman–Crippen LogP) is 7.55. The Morgan fingerprint density at radius 2 is 1.52 bits per heavy atom. The van der Waals surface area contributed by atoms with Crippen LogP contribution in [-0.4, -0.2) is 24.6 Å². The molecular weight excluding hydrogens is 404 g/mol. The van der Waals surface area contributed by atoms with Crippen molar-refractivity contribution in [2.75, 3.05) is 5.32 Å². The third-order valence-electron chi connectivity index (χ3n) is 5.60. The molecule has 0 spiro atoms. The van der Waals surface area contributed by atoms with Gasteiger partial charge in [0.1, 0.15) is 11.4 Å². The second-order valence-electron chi connectivity index (χ2n) is 10.5. The Morgan fingerprint density at radius 1 is 0.903 bits per heavy atom. The lowest BCUT2D eigenvalue weighted by Gasteiger charge is -2.36. The van der Waals surface area contributed by atoms with Crippen molar-refractivity contribution in [3.05, 3.63) is 54.7 Å². The molecular formula is C25H34N2O3Si. The van der Waals surface area contributed by atoms with Crippen LogP contribution in [0.25, 0.3) is 10.9 Å². The van der Waals surface area contributed by atoms with E-state index in [1.165, 1.54) is 4.57 Å². The van der Waals surface area contributed by atoms with Crippen molar-refractivity contribution in [3.63, 3.8) is 0 Å². The van der Waals surface area contributed by atoms with Gasteiger partial charge in [-0.3, -0.25) is 4.57 Å². The van der Waals surface area contributed by atoms with E-state index in [4.69, 9.17) is 9.16 Å². The largest absolute Gasteiger partial charge is 0.544 e. The molecule has 6 heteroatoms.